The van der Waals surface area contributed by atoms with Crippen LogP contribution >= 0.6 is 27.3 Å². The summed E-state index contributed by atoms with van der Waals surface area (Å²) >= 11 is 4.77. The third-order valence-corrected chi connectivity index (χ3v) is 5.90. The highest BCUT2D eigenvalue weighted by Crippen LogP contribution is 2.40. The number of hydrogen-bond donors (Lipinski definition) is 2. The van der Waals surface area contributed by atoms with Crippen LogP contribution in [0.1, 0.15) is 27.7 Å². The molecule has 0 bridgehead atoms. The van der Waals surface area contributed by atoms with Crippen molar-refractivity contribution in [3.8, 4) is 0 Å². The van der Waals surface area contributed by atoms with Crippen molar-refractivity contribution >= 4 is 39.0 Å². The fourth-order valence-corrected chi connectivity index (χ4v) is 4.38. The molecule has 0 unspecified atom stereocenters. The van der Waals surface area contributed by atoms with Crippen molar-refractivity contribution in [2.24, 2.45) is 0 Å². The Balaban J connectivity index is 2.00. The van der Waals surface area contributed by atoms with Gasteiger partial charge in [-0.2, -0.15) is 0 Å². The second kappa shape index (κ2) is 8.37. The maximum atomic E-state index is 13.1. The number of amides is 1. The molecule has 1 amide bonds. The molecule has 2 N–H and O–H groups in total. The number of nitrogens with zero attached hydrogens (tertiary/aromatic N) is 1. The topological polar surface area (TPSA) is 62.1 Å². The molecule has 0 aliphatic carbocycles. The van der Waals surface area contributed by atoms with Crippen molar-refractivity contribution < 1.29 is 19.6 Å². The van der Waals surface area contributed by atoms with E-state index in [2.05, 4.69) is 30.0 Å². The van der Waals surface area contributed by atoms with E-state index in [0.29, 0.717) is 11.4 Å². The summed E-state index contributed by atoms with van der Waals surface area (Å²) in [4.78, 5) is 29.3. The smallest absolute Gasteiger partial charge is 0.290 e. The van der Waals surface area contributed by atoms with Crippen molar-refractivity contribution in [2.45, 2.75) is 12.5 Å². The van der Waals surface area contributed by atoms with E-state index < -0.39 is 17.7 Å². The second-order valence-electron chi connectivity index (χ2n) is 6.84. The van der Waals surface area contributed by atoms with Gasteiger partial charge in [-0.15, -0.1) is 11.3 Å². The number of quaternary nitrogens is 1. The Kier molecular flexibility index (Phi) is 6.14. The number of carbonyl (C=O) groups excluding carboxylic acids is 2. The van der Waals surface area contributed by atoms with Gasteiger partial charge in [-0.1, -0.05) is 34.1 Å². The Morgan fingerprint density at radius 2 is 2.07 bits per heavy atom. The summed E-state index contributed by atoms with van der Waals surface area (Å²) < 4.78 is 0.861. The summed E-state index contributed by atoms with van der Waals surface area (Å²) in [6.45, 7) is 1.37. The lowest BCUT2D eigenvalue weighted by atomic mass is 9.95. The van der Waals surface area contributed by atoms with Gasteiger partial charge in [-0.05, 0) is 29.1 Å². The van der Waals surface area contributed by atoms with Crippen LogP contribution in [0.5, 0.6) is 0 Å². The molecule has 7 heteroatoms. The van der Waals surface area contributed by atoms with Crippen molar-refractivity contribution in [1.29, 1.82) is 0 Å². The minimum absolute atomic E-state index is 0.165. The number of carbonyl (C=O) groups is 2. The van der Waals surface area contributed by atoms with Crippen molar-refractivity contribution in [3.05, 3.63) is 68.0 Å². The maximum absolute atomic E-state index is 13.1. The van der Waals surface area contributed by atoms with Crippen LogP contribution in [0, 0.1) is 0 Å². The van der Waals surface area contributed by atoms with Gasteiger partial charge in [0.1, 0.15) is 0 Å². The largest absolute Gasteiger partial charge is 0.503 e. The third kappa shape index (κ3) is 4.15. The Morgan fingerprint density at radius 3 is 2.70 bits per heavy atom. The van der Waals surface area contributed by atoms with E-state index >= 15 is 0 Å². The second-order valence-corrected chi connectivity index (χ2v) is 8.70. The van der Waals surface area contributed by atoms with E-state index in [9.17, 15) is 14.7 Å². The minimum atomic E-state index is -0.582. The zero-order valence-electron chi connectivity index (χ0n) is 15.2. The Labute approximate surface area is 171 Å². The van der Waals surface area contributed by atoms with Crippen LogP contribution < -0.4 is 4.90 Å². The highest BCUT2D eigenvalue weighted by atomic mass is 79.9. The molecular weight excluding hydrogens is 428 g/mol. The molecule has 0 saturated carbocycles. The van der Waals surface area contributed by atoms with Crippen LogP contribution in [-0.2, 0) is 4.79 Å². The molecule has 2 heterocycles. The first-order chi connectivity index (χ1) is 12.9. The fourth-order valence-electron chi connectivity index (χ4n) is 3.28. The predicted octanol–water partition coefficient (Wildman–Crippen LogP) is 2.62. The average Bonchev–Trinajstić information content (AvgIpc) is 3.24. The van der Waals surface area contributed by atoms with Gasteiger partial charge in [0.25, 0.3) is 5.91 Å². The number of aliphatic hydroxyl groups is 1. The van der Waals surface area contributed by atoms with Crippen molar-refractivity contribution in [2.75, 3.05) is 27.2 Å². The molecule has 1 aliphatic rings. The third-order valence-electron chi connectivity index (χ3n) is 4.53. The van der Waals surface area contributed by atoms with E-state index in [1.807, 2.05) is 29.6 Å². The molecule has 1 aromatic carbocycles. The van der Waals surface area contributed by atoms with E-state index in [1.165, 1.54) is 16.2 Å². The van der Waals surface area contributed by atoms with Gasteiger partial charge in [0.05, 0.1) is 37.1 Å². The van der Waals surface area contributed by atoms with Gasteiger partial charge in [0.15, 0.2) is 5.76 Å². The SMILES string of the molecule is C[NH+](C)CCCN1C(=O)C(O)=C(C(=O)c2cccs2)[C@H]1c1cccc(Br)c1. The van der Waals surface area contributed by atoms with E-state index in [1.54, 1.807) is 17.0 Å². The van der Waals surface area contributed by atoms with Gasteiger partial charge in [0.2, 0.25) is 5.78 Å². The average molecular weight is 450 g/mol. The zero-order chi connectivity index (χ0) is 19.6. The van der Waals surface area contributed by atoms with Gasteiger partial charge in [-0.25, -0.2) is 0 Å². The lowest BCUT2D eigenvalue weighted by Gasteiger charge is -2.27. The van der Waals surface area contributed by atoms with E-state index in [-0.39, 0.29) is 11.4 Å². The molecule has 0 spiro atoms. The molecule has 1 aliphatic heterocycles. The molecule has 1 atom stereocenters. The number of rotatable bonds is 7. The fraction of sp³-hybridized carbons (Fsp3) is 0.300. The van der Waals surface area contributed by atoms with Gasteiger partial charge >= 0.3 is 0 Å². The number of hydrogen-bond acceptors (Lipinski definition) is 4. The van der Waals surface area contributed by atoms with Crippen LogP contribution in [0.2, 0.25) is 0 Å². The first kappa shape index (κ1) is 19.8. The molecule has 142 valence electrons. The van der Waals surface area contributed by atoms with Crippen LogP contribution in [0.15, 0.2) is 57.6 Å². The zero-order valence-corrected chi connectivity index (χ0v) is 17.6. The number of benzene rings is 1. The lowest BCUT2D eigenvalue weighted by molar-refractivity contribution is -0.858. The first-order valence-electron chi connectivity index (χ1n) is 8.77. The number of halogens is 1. The molecule has 27 heavy (non-hydrogen) atoms. The van der Waals surface area contributed by atoms with Crippen LogP contribution in [0.3, 0.4) is 0 Å². The summed E-state index contributed by atoms with van der Waals surface area (Å²) in [5.41, 5.74) is 0.969. The summed E-state index contributed by atoms with van der Waals surface area (Å²) in [6.07, 6.45) is 0.784. The maximum Gasteiger partial charge on any atom is 0.290 e. The van der Waals surface area contributed by atoms with Gasteiger partial charge in [-0.3, -0.25) is 9.59 Å². The predicted molar refractivity (Wildman–Crippen MR) is 109 cm³/mol. The summed E-state index contributed by atoms with van der Waals surface area (Å²) in [6, 6.07) is 10.5. The van der Waals surface area contributed by atoms with Crippen molar-refractivity contribution in [1.82, 2.24) is 4.90 Å². The number of nitrogens with one attached hydrogen (secondary N) is 1. The number of thiophene rings is 1. The highest BCUT2D eigenvalue weighted by molar-refractivity contribution is 9.10. The quantitative estimate of drug-likeness (QED) is 0.638. The Morgan fingerprint density at radius 1 is 1.30 bits per heavy atom. The minimum Gasteiger partial charge on any atom is -0.503 e. The van der Waals surface area contributed by atoms with Gasteiger partial charge < -0.3 is 14.9 Å². The normalized spacial score (nSPS) is 17.3. The van der Waals surface area contributed by atoms with Crippen LogP contribution in [0.4, 0.5) is 0 Å². The molecule has 0 radical (unpaired) electrons. The molecule has 0 fully saturated rings. The molecule has 1 aromatic heterocycles. The van der Waals surface area contributed by atoms with Crippen molar-refractivity contribution in [3.63, 3.8) is 0 Å². The number of ketones is 1. The van der Waals surface area contributed by atoms with Crippen LogP contribution in [0.25, 0.3) is 0 Å². The molecule has 0 saturated heterocycles. The summed E-state index contributed by atoms with van der Waals surface area (Å²) in [5, 5.41) is 12.4. The Bertz CT molecular complexity index is 877. The molecule has 5 nitrogen and oxygen atoms in total. The van der Waals surface area contributed by atoms with Crippen LogP contribution in [-0.4, -0.2) is 48.9 Å². The number of aliphatic hydroxyl groups excluding tert-OH is 1. The Hall–Kier alpha value is -1.96. The van der Waals surface area contributed by atoms with Gasteiger partial charge in [0, 0.05) is 17.4 Å². The number of Topliss-reactive ketones (excluding diaryl/α,β-unsaturated/α-hetero) is 1. The summed E-state index contributed by atoms with van der Waals surface area (Å²) in [5.74, 6) is -1.20. The van der Waals surface area contributed by atoms with E-state index in [0.717, 1.165) is 23.0 Å². The summed E-state index contributed by atoms with van der Waals surface area (Å²) in [7, 11) is 4.11. The molecule has 2 aromatic rings. The van der Waals surface area contributed by atoms with E-state index in [4.69, 9.17) is 0 Å². The molecular formula is C20H22BrN2O3S+. The highest BCUT2D eigenvalue weighted by Gasteiger charge is 2.43. The first-order valence-corrected chi connectivity index (χ1v) is 10.4. The monoisotopic (exact) mass is 449 g/mol. The lowest BCUT2D eigenvalue weighted by Crippen LogP contribution is -3.05. The standard InChI is InChI=1S/C20H21BrN2O3S/c1-22(2)9-5-10-23-17(13-6-3-7-14(21)12-13)16(19(25)20(23)26)18(24)15-8-4-11-27-15/h3-4,6-8,11-12,17,25H,5,9-10H2,1-2H3/p+1/t17-/m1/s1. The molecule has 3 rings (SSSR count).